The van der Waals surface area contributed by atoms with Crippen LogP contribution in [0.15, 0.2) is 29.3 Å². The molecule has 2 N–H and O–H groups in total. The molecule has 1 fully saturated rings. The third-order valence-corrected chi connectivity index (χ3v) is 4.46. The Morgan fingerprint density at radius 3 is 2.41 bits per heavy atom. The summed E-state index contributed by atoms with van der Waals surface area (Å²) in [6.45, 7) is 9.92. The summed E-state index contributed by atoms with van der Waals surface area (Å²) in [6, 6.07) is 5.80. The van der Waals surface area contributed by atoms with Gasteiger partial charge >= 0.3 is 6.03 Å². The van der Waals surface area contributed by atoms with Crippen LogP contribution in [0.3, 0.4) is 0 Å². The number of nitrogens with zero attached hydrogens (tertiary/aromatic N) is 2. The molecular weight excluding hydrogens is 348 g/mol. The van der Waals surface area contributed by atoms with E-state index in [0.29, 0.717) is 24.6 Å². The molecule has 1 aliphatic rings. The lowest BCUT2D eigenvalue weighted by molar-refractivity contribution is -0.894. The van der Waals surface area contributed by atoms with Crippen LogP contribution in [-0.2, 0) is 9.59 Å². The number of carbonyl (C=O) groups excluding carboxylic acids is 3. The highest BCUT2D eigenvalue weighted by atomic mass is 16.5. The first-order valence-electron chi connectivity index (χ1n) is 9.26. The van der Waals surface area contributed by atoms with Gasteiger partial charge < -0.3 is 9.64 Å². The molecule has 2 rings (SSSR count). The number of benzene rings is 1. The Kier molecular flexibility index (Phi) is 7.48. The predicted octanol–water partition coefficient (Wildman–Crippen LogP) is 0.280. The fraction of sp³-hybridized carbons (Fsp3) is 0.474. The summed E-state index contributed by atoms with van der Waals surface area (Å²) in [6.07, 6.45) is 1.34. The monoisotopic (exact) mass is 375 g/mol. The van der Waals surface area contributed by atoms with Gasteiger partial charge in [-0.25, -0.2) is 9.69 Å². The van der Waals surface area contributed by atoms with E-state index in [1.165, 1.54) is 11.1 Å². The van der Waals surface area contributed by atoms with Gasteiger partial charge in [0.25, 0.3) is 5.91 Å². The molecule has 1 aromatic rings. The largest absolute Gasteiger partial charge is 0.494 e. The van der Waals surface area contributed by atoms with Crippen molar-refractivity contribution in [2.24, 2.45) is 10.9 Å². The standard InChI is InChI=1S/C19H26N4O4/c1-4-22(5-2)12-11-20-13-16-17(24)21-19(26)23(18(16)25)14-7-9-15(10-8-14)27-6-3/h7-10,13,16H,4-6,11-12H2,1-3H3,(H,21,24,26)/p+1. The molecule has 0 spiro atoms. The normalized spacial score (nSPS) is 17.7. The molecule has 0 aromatic heterocycles. The number of imide groups is 2. The molecule has 8 nitrogen and oxygen atoms in total. The van der Waals surface area contributed by atoms with Gasteiger partial charge in [0.1, 0.15) is 5.75 Å². The van der Waals surface area contributed by atoms with Crippen LogP contribution in [0, 0.1) is 5.92 Å². The molecule has 0 radical (unpaired) electrons. The maximum atomic E-state index is 12.7. The van der Waals surface area contributed by atoms with E-state index in [2.05, 4.69) is 24.2 Å². The van der Waals surface area contributed by atoms with E-state index in [-0.39, 0.29) is 0 Å². The predicted molar refractivity (Wildman–Crippen MR) is 102 cm³/mol. The average molecular weight is 375 g/mol. The van der Waals surface area contributed by atoms with Crippen LogP contribution in [0.4, 0.5) is 10.5 Å². The SMILES string of the molecule is CCOc1ccc(N2C(=O)NC(=O)C(C=NCC[NH+](CC)CC)C2=O)cc1. The molecule has 0 bridgehead atoms. The van der Waals surface area contributed by atoms with Crippen LogP contribution < -0.4 is 19.9 Å². The molecule has 1 heterocycles. The Hall–Kier alpha value is -2.74. The fourth-order valence-corrected chi connectivity index (χ4v) is 2.83. The molecule has 0 aliphatic carbocycles. The lowest BCUT2D eigenvalue weighted by atomic mass is 10.1. The Balaban J connectivity index is 2.10. The maximum absolute atomic E-state index is 12.7. The molecule has 4 amide bonds. The van der Waals surface area contributed by atoms with Gasteiger partial charge in [0.05, 0.1) is 38.5 Å². The van der Waals surface area contributed by atoms with E-state index in [4.69, 9.17) is 4.74 Å². The molecule has 1 saturated heterocycles. The summed E-state index contributed by atoms with van der Waals surface area (Å²) in [5, 5.41) is 2.22. The minimum atomic E-state index is -1.11. The molecule has 8 heteroatoms. The number of quaternary nitrogens is 1. The summed E-state index contributed by atoms with van der Waals surface area (Å²) in [5.41, 5.74) is 0.374. The number of likely N-dealkylation sites (N-methyl/N-ethyl adjacent to an activating group) is 1. The van der Waals surface area contributed by atoms with Gasteiger partial charge in [0.2, 0.25) is 5.91 Å². The van der Waals surface area contributed by atoms with Crippen molar-refractivity contribution in [1.82, 2.24) is 5.32 Å². The Morgan fingerprint density at radius 1 is 1.15 bits per heavy atom. The highest BCUT2D eigenvalue weighted by Gasteiger charge is 2.40. The first-order valence-corrected chi connectivity index (χ1v) is 9.26. The fourth-order valence-electron chi connectivity index (χ4n) is 2.83. The van der Waals surface area contributed by atoms with Gasteiger partial charge in [0.15, 0.2) is 5.92 Å². The van der Waals surface area contributed by atoms with Crippen molar-refractivity contribution in [2.75, 3.05) is 37.7 Å². The van der Waals surface area contributed by atoms with Gasteiger partial charge in [-0.05, 0) is 45.0 Å². The summed E-state index contributed by atoms with van der Waals surface area (Å²) < 4.78 is 5.36. The van der Waals surface area contributed by atoms with Crippen LogP contribution in [0.25, 0.3) is 0 Å². The number of ether oxygens (including phenoxy) is 1. The number of carbonyl (C=O) groups is 3. The second-order valence-corrected chi connectivity index (χ2v) is 6.13. The van der Waals surface area contributed by atoms with Crippen molar-refractivity contribution in [2.45, 2.75) is 20.8 Å². The molecule has 1 aliphatic heterocycles. The van der Waals surface area contributed by atoms with E-state index in [1.54, 1.807) is 24.3 Å². The van der Waals surface area contributed by atoms with Crippen LogP contribution in [0.1, 0.15) is 20.8 Å². The minimum absolute atomic E-state index is 0.374. The molecular formula is C19H27N4O4+. The van der Waals surface area contributed by atoms with Gasteiger partial charge in [-0.15, -0.1) is 0 Å². The summed E-state index contributed by atoms with van der Waals surface area (Å²) in [7, 11) is 0. The zero-order chi connectivity index (χ0) is 19.8. The number of urea groups is 1. The van der Waals surface area contributed by atoms with Crippen LogP contribution >= 0.6 is 0 Å². The van der Waals surface area contributed by atoms with Crippen molar-refractivity contribution in [3.8, 4) is 5.75 Å². The highest BCUT2D eigenvalue weighted by Crippen LogP contribution is 2.23. The topological polar surface area (TPSA) is 92.5 Å². The number of rotatable bonds is 9. The second kappa shape index (κ2) is 9.82. The Labute approximate surface area is 159 Å². The van der Waals surface area contributed by atoms with Crippen molar-refractivity contribution in [3.05, 3.63) is 24.3 Å². The molecule has 0 saturated carbocycles. The quantitative estimate of drug-likeness (QED) is 0.479. The van der Waals surface area contributed by atoms with E-state index in [0.717, 1.165) is 24.5 Å². The third kappa shape index (κ3) is 5.13. The lowest BCUT2D eigenvalue weighted by Gasteiger charge is -2.28. The van der Waals surface area contributed by atoms with E-state index in [9.17, 15) is 14.4 Å². The number of aliphatic imine (C=N–C) groups is 1. The smallest absolute Gasteiger partial charge is 0.335 e. The van der Waals surface area contributed by atoms with Crippen LogP contribution in [0.5, 0.6) is 5.75 Å². The van der Waals surface area contributed by atoms with Gasteiger partial charge in [0, 0.05) is 6.21 Å². The number of nitrogens with one attached hydrogen (secondary N) is 2. The zero-order valence-electron chi connectivity index (χ0n) is 16.0. The third-order valence-electron chi connectivity index (χ3n) is 4.46. The number of hydrogen-bond acceptors (Lipinski definition) is 5. The highest BCUT2D eigenvalue weighted by molar-refractivity contribution is 6.32. The first-order chi connectivity index (χ1) is 13.0. The van der Waals surface area contributed by atoms with Crippen molar-refractivity contribution in [3.63, 3.8) is 0 Å². The second-order valence-electron chi connectivity index (χ2n) is 6.13. The lowest BCUT2D eigenvalue weighted by Crippen LogP contribution is -3.11. The zero-order valence-corrected chi connectivity index (χ0v) is 16.0. The van der Waals surface area contributed by atoms with E-state index < -0.39 is 23.8 Å². The molecule has 27 heavy (non-hydrogen) atoms. The molecule has 146 valence electrons. The van der Waals surface area contributed by atoms with Gasteiger partial charge in [-0.1, -0.05) is 0 Å². The number of amides is 4. The van der Waals surface area contributed by atoms with Crippen molar-refractivity contribution < 1.29 is 24.0 Å². The Morgan fingerprint density at radius 2 is 1.81 bits per heavy atom. The molecule has 1 atom stereocenters. The minimum Gasteiger partial charge on any atom is -0.494 e. The molecule has 1 aromatic carbocycles. The van der Waals surface area contributed by atoms with Crippen molar-refractivity contribution >= 4 is 29.7 Å². The summed E-state index contributed by atoms with van der Waals surface area (Å²) >= 11 is 0. The van der Waals surface area contributed by atoms with Gasteiger partial charge in [-0.2, -0.15) is 0 Å². The van der Waals surface area contributed by atoms with Crippen LogP contribution in [-0.4, -0.2) is 56.8 Å². The van der Waals surface area contributed by atoms with E-state index >= 15 is 0 Å². The number of hydrogen-bond donors (Lipinski definition) is 2. The van der Waals surface area contributed by atoms with Gasteiger partial charge in [-0.3, -0.25) is 19.9 Å². The van der Waals surface area contributed by atoms with E-state index in [1.807, 2.05) is 6.92 Å². The average Bonchev–Trinajstić information content (AvgIpc) is 2.65. The summed E-state index contributed by atoms with van der Waals surface area (Å²) in [5.74, 6) is -1.72. The van der Waals surface area contributed by atoms with Crippen molar-refractivity contribution in [1.29, 1.82) is 0 Å². The summed E-state index contributed by atoms with van der Waals surface area (Å²) in [4.78, 5) is 43.5. The Bertz CT molecular complexity index is 698. The number of anilines is 1. The first kappa shape index (κ1) is 20.6. The van der Waals surface area contributed by atoms with Crippen LogP contribution in [0.2, 0.25) is 0 Å². The number of barbiturate groups is 1. The molecule has 1 unspecified atom stereocenters. The maximum Gasteiger partial charge on any atom is 0.335 e.